The van der Waals surface area contributed by atoms with Crippen LogP contribution in [0.3, 0.4) is 0 Å². The Bertz CT molecular complexity index is 625. The van der Waals surface area contributed by atoms with Gasteiger partial charge in [0.05, 0.1) is 12.1 Å². The van der Waals surface area contributed by atoms with Gasteiger partial charge in [0.2, 0.25) is 0 Å². The predicted molar refractivity (Wildman–Crippen MR) is 89.6 cm³/mol. The summed E-state index contributed by atoms with van der Waals surface area (Å²) >= 11 is 1.61. The topological polar surface area (TPSA) is 45.4 Å². The Kier molecular flexibility index (Phi) is 5.67. The van der Waals surface area contributed by atoms with E-state index in [0.29, 0.717) is 18.8 Å². The van der Waals surface area contributed by atoms with E-state index in [1.54, 1.807) is 17.8 Å². The highest BCUT2D eigenvalue weighted by Crippen LogP contribution is 2.26. The minimum atomic E-state index is -0.734. The first-order valence-corrected chi connectivity index (χ1v) is 8.58. The van der Waals surface area contributed by atoms with E-state index in [4.69, 9.17) is 4.42 Å². The molecule has 0 aliphatic heterocycles. The highest BCUT2D eigenvalue weighted by atomic mass is 32.2. The van der Waals surface area contributed by atoms with Crippen molar-refractivity contribution < 1.29 is 13.9 Å². The van der Waals surface area contributed by atoms with E-state index in [9.17, 15) is 9.50 Å². The SMILES string of the molecule is CSCC(C)(O)CNCc1ccc(-c2ccc(F)cc2C)o1. The largest absolute Gasteiger partial charge is 0.460 e. The van der Waals surface area contributed by atoms with Crippen LogP contribution >= 0.6 is 11.8 Å². The van der Waals surface area contributed by atoms with Crippen molar-refractivity contribution in [1.29, 1.82) is 0 Å². The highest BCUT2D eigenvalue weighted by Gasteiger charge is 2.19. The van der Waals surface area contributed by atoms with Gasteiger partial charge in [0.25, 0.3) is 0 Å². The van der Waals surface area contributed by atoms with E-state index >= 15 is 0 Å². The van der Waals surface area contributed by atoms with Gasteiger partial charge >= 0.3 is 0 Å². The molecule has 0 fully saturated rings. The minimum absolute atomic E-state index is 0.245. The zero-order chi connectivity index (χ0) is 16.2. The summed E-state index contributed by atoms with van der Waals surface area (Å²) in [4.78, 5) is 0. The smallest absolute Gasteiger partial charge is 0.134 e. The van der Waals surface area contributed by atoms with Crippen molar-refractivity contribution in [3.05, 3.63) is 47.5 Å². The summed E-state index contributed by atoms with van der Waals surface area (Å²) in [6.07, 6.45) is 1.97. The van der Waals surface area contributed by atoms with Gasteiger partial charge in [-0.25, -0.2) is 4.39 Å². The lowest BCUT2D eigenvalue weighted by molar-refractivity contribution is 0.0841. The maximum absolute atomic E-state index is 13.1. The number of furan rings is 1. The highest BCUT2D eigenvalue weighted by molar-refractivity contribution is 7.98. The van der Waals surface area contributed by atoms with E-state index in [0.717, 1.165) is 22.6 Å². The fraction of sp³-hybridized carbons (Fsp3) is 0.412. The van der Waals surface area contributed by atoms with Crippen molar-refractivity contribution in [1.82, 2.24) is 5.32 Å². The monoisotopic (exact) mass is 323 g/mol. The zero-order valence-electron chi connectivity index (χ0n) is 13.1. The third-order valence-electron chi connectivity index (χ3n) is 3.38. The number of hydrogen-bond acceptors (Lipinski definition) is 4. The Morgan fingerprint density at radius 3 is 2.77 bits per heavy atom. The molecule has 0 aliphatic rings. The number of aliphatic hydroxyl groups is 1. The molecule has 0 radical (unpaired) electrons. The molecule has 0 saturated heterocycles. The van der Waals surface area contributed by atoms with Crippen molar-refractivity contribution in [3.8, 4) is 11.3 Å². The van der Waals surface area contributed by atoms with Gasteiger partial charge in [-0.15, -0.1) is 0 Å². The molecular formula is C17H22FNO2S. The Labute approximate surface area is 134 Å². The van der Waals surface area contributed by atoms with Gasteiger partial charge in [-0.1, -0.05) is 0 Å². The first kappa shape index (κ1) is 17.1. The van der Waals surface area contributed by atoms with E-state index in [-0.39, 0.29) is 5.82 Å². The Morgan fingerprint density at radius 1 is 1.32 bits per heavy atom. The Morgan fingerprint density at radius 2 is 2.09 bits per heavy atom. The molecule has 1 atom stereocenters. The summed E-state index contributed by atoms with van der Waals surface area (Å²) in [6, 6.07) is 8.44. The molecular weight excluding hydrogens is 301 g/mol. The van der Waals surface area contributed by atoms with Crippen LogP contribution < -0.4 is 5.32 Å². The van der Waals surface area contributed by atoms with Crippen LogP contribution in [0.5, 0.6) is 0 Å². The molecule has 1 unspecified atom stereocenters. The average Bonchev–Trinajstić information content (AvgIpc) is 2.87. The molecule has 120 valence electrons. The van der Waals surface area contributed by atoms with Crippen LogP contribution in [-0.4, -0.2) is 29.3 Å². The van der Waals surface area contributed by atoms with Crippen molar-refractivity contribution in [2.75, 3.05) is 18.6 Å². The molecule has 0 saturated carbocycles. The van der Waals surface area contributed by atoms with Crippen LogP contribution in [0, 0.1) is 12.7 Å². The summed E-state index contributed by atoms with van der Waals surface area (Å²) in [7, 11) is 0. The van der Waals surface area contributed by atoms with Crippen LogP contribution in [0.1, 0.15) is 18.2 Å². The predicted octanol–water partition coefficient (Wildman–Crippen LogP) is 3.60. The molecule has 22 heavy (non-hydrogen) atoms. The van der Waals surface area contributed by atoms with Crippen molar-refractivity contribution in [3.63, 3.8) is 0 Å². The van der Waals surface area contributed by atoms with Crippen molar-refractivity contribution in [2.24, 2.45) is 0 Å². The molecule has 2 N–H and O–H groups in total. The second-order valence-corrected chi connectivity index (χ2v) is 6.62. The van der Waals surface area contributed by atoms with E-state index in [1.807, 2.05) is 32.2 Å². The third kappa shape index (κ3) is 4.60. The van der Waals surface area contributed by atoms with E-state index in [2.05, 4.69) is 5.32 Å². The summed E-state index contributed by atoms with van der Waals surface area (Å²) < 4.78 is 18.9. The summed E-state index contributed by atoms with van der Waals surface area (Å²) in [5.41, 5.74) is 1.00. The van der Waals surface area contributed by atoms with Crippen LogP contribution in [0.2, 0.25) is 0 Å². The van der Waals surface area contributed by atoms with Gasteiger partial charge in [-0.2, -0.15) is 11.8 Å². The standard InChI is InChI=1S/C17H22FNO2S/c1-12-8-13(18)4-6-15(12)16-7-5-14(21-16)9-19-10-17(2,20)11-22-3/h4-8,19-20H,9-11H2,1-3H3. The second kappa shape index (κ2) is 7.31. The maximum atomic E-state index is 13.1. The summed E-state index contributed by atoms with van der Waals surface area (Å²) in [6.45, 7) is 4.72. The number of hydrogen-bond donors (Lipinski definition) is 2. The molecule has 0 bridgehead atoms. The third-order valence-corrected chi connectivity index (χ3v) is 4.29. The number of benzene rings is 1. The summed E-state index contributed by atoms with van der Waals surface area (Å²) in [5.74, 6) is 1.95. The number of halogens is 1. The molecule has 0 amide bonds. The fourth-order valence-electron chi connectivity index (χ4n) is 2.34. The van der Waals surface area contributed by atoms with Crippen molar-refractivity contribution in [2.45, 2.75) is 26.0 Å². The van der Waals surface area contributed by atoms with Gasteiger partial charge in [-0.05, 0) is 56.0 Å². The number of thioether (sulfide) groups is 1. The molecule has 0 aliphatic carbocycles. The van der Waals surface area contributed by atoms with E-state index < -0.39 is 5.60 Å². The van der Waals surface area contributed by atoms with Gasteiger partial charge in [0, 0.05) is 17.9 Å². The van der Waals surface area contributed by atoms with Crippen molar-refractivity contribution >= 4 is 11.8 Å². The number of rotatable bonds is 7. The van der Waals surface area contributed by atoms with Gasteiger partial charge in [-0.3, -0.25) is 0 Å². The van der Waals surface area contributed by atoms with Crippen LogP contribution in [-0.2, 0) is 6.54 Å². The lowest BCUT2D eigenvalue weighted by atomic mass is 10.1. The second-order valence-electron chi connectivity index (χ2n) is 5.76. The molecule has 1 aromatic heterocycles. The lowest BCUT2D eigenvalue weighted by Gasteiger charge is -2.22. The van der Waals surface area contributed by atoms with Crippen LogP contribution in [0.15, 0.2) is 34.7 Å². The Balaban J connectivity index is 1.97. The number of nitrogens with one attached hydrogen (secondary N) is 1. The van der Waals surface area contributed by atoms with Crippen LogP contribution in [0.25, 0.3) is 11.3 Å². The summed E-state index contributed by atoms with van der Waals surface area (Å²) in [5, 5.41) is 13.3. The van der Waals surface area contributed by atoms with Gasteiger partial charge in [0.1, 0.15) is 17.3 Å². The zero-order valence-corrected chi connectivity index (χ0v) is 14.0. The molecule has 5 heteroatoms. The quantitative estimate of drug-likeness (QED) is 0.817. The normalized spacial score (nSPS) is 14.0. The van der Waals surface area contributed by atoms with Gasteiger partial charge in [0.15, 0.2) is 0 Å². The molecule has 1 heterocycles. The minimum Gasteiger partial charge on any atom is -0.460 e. The lowest BCUT2D eigenvalue weighted by Crippen LogP contribution is -2.39. The Hall–Kier alpha value is -1.30. The molecule has 3 nitrogen and oxygen atoms in total. The molecule has 2 rings (SSSR count). The van der Waals surface area contributed by atoms with Crippen LogP contribution in [0.4, 0.5) is 4.39 Å². The number of aryl methyl sites for hydroxylation is 1. The maximum Gasteiger partial charge on any atom is 0.134 e. The van der Waals surface area contributed by atoms with E-state index in [1.165, 1.54) is 12.1 Å². The average molecular weight is 323 g/mol. The first-order valence-electron chi connectivity index (χ1n) is 7.18. The molecule has 2 aromatic rings. The fourth-order valence-corrected chi connectivity index (χ4v) is 3.06. The molecule has 0 spiro atoms. The van der Waals surface area contributed by atoms with Gasteiger partial charge < -0.3 is 14.8 Å². The first-order chi connectivity index (χ1) is 10.4. The molecule has 1 aromatic carbocycles.